The summed E-state index contributed by atoms with van der Waals surface area (Å²) >= 11 is 0. The Morgan fingerprint density at radius 3 is 2.74 bits per heavy atom. The summed E-state index contributed by atoms with van der Waals surface area (Å²) in [5.74, 6) is 0. The summed E-state index contributed by atoms with van der Waals surface area (Å²) in [5.41, 5.74) is 4.52. The molecule has 1 aliphatic rings. The van der Waals surface area contributed by atoms with E-state index in [0.29, 0.717) is 6.42 Å². The monoisotopic (exact) mass is 308 g/mol. The predicted molar refractivity (Wildman–Crippen MR) is 99.7 cm³/mol. The third kappa shape index (κ3) is 6.57. The van der Waals surface area contributed by atoms with Gasteiger partial charge in [-0.15, -0.1) is 0 Å². The largest absolute Gasteiger partial charge is 0.368 e. The van der Waals surface area contributed by atoms with Crippen LogP contribution in [0.3, 0.4) is 0 Å². The Hall–Kier alpha value is -2.27. The second-order valence-electron chi connectivity index (χ2n) is 5.75. The van der Waals surface area contributed by atoms with E-state index in [1.54, 1.807) is 0 Å². The van der Waals surface area contributed by atoms with E-state index in [4.69, 9.17) is 5.26 Å². The summed E-state index contributed by atoms with van der Waals surface area (Å²) < 4.78 is 0. The van der Waals surface area contributed by atoms with E-state index in [2.05, 4.69) is 42.7 Å². The Morgan fingerprint density at radius 1 is 1.30 bits per heavy atom. The molecule has 1 heterocycles. The normalized spacial score (nSPS) is 19.1. The first-order valence-electron chi connectivity index (χ1n) is 8.26. The van der Waals surface area contributed by atoms with Crippen molar-refractivity contribution in [2.75, 3.05) is 13.1 Å². The summed E-state index contributed by atoms with van der Waals surface area (Å²) in [7, 11) is 0. The van der Waals surface area contributed by atoms with Gasteiger partial charge in [-0.25, -0.2) is 0 Å². The van der Waals surface area contributed by atoms with E-state index in [1.807, 2.05) is 38.2 Å². The van der Waals surface area contributed by atoms with Gasteiger partial charge in [0, 0.05) is 30.8 Å². The molecule has 0 unspecified atom stereocenters. The lowest BCUT2D eigenvalue weighted by molar-refractivity contribution is 0.346. The van der Waals surface area contributed by atoms with Crippen molar-refractivity contribution in [1.82, 2.24) is 4.90 Å². The van der Waals surface area contributed by atoms with E-state index in [0.717, 1.165) is 37.2 Å². The van der Waals surface area contributed by atoms with Crippen molar-refractivity contribution in [3.8, 4) is 6.07 Å². The minimum absolute atomic E-state index is 0.704. The van der Waals surface area contributed by atoms with E-state index in [1.165, 1.54) is 11.1 Å². The topological polar surface area (TPSA) is 27.0 Å². The summed E-state index contributed by atoms with van der Waals surface area (Å²) in [6, 6.07) is 2.23. The molecular formula is C21H28N2. The highest BCUT2D eigenvalue weighted by atomic mass is 15.1. The maximum atomic E-state index is 9.01. The SMILES string of the molecule is C=C1/C(=C\C/C(C#N)=C\C)CCCN1C/C(C)=C/C=C\C=C/C. The van der Waals surface area contributed by atoms with Crippen LogP contribution in [-0.2, 0) is 0 Å². The van der Waals surface area contributed by atoms with Gasteiger partial charge in [0.2, 0.25) is 0 Å². The molecule has 0 amide bonds. The van der Waals surface area contributed by atoms with Crippen molar-refractivity contribution in [3.63, 3.8) is 0 Å². The molecule has 122 valence electrons. The smallest absolute Gasteiger partial charge is 0.0946 e. The zero-order valence-electron chi connectivity index (χ0n) is 14.7. The molecule has 2 nitrogen and oxygen atoms in total. The summed E-state index contributed by atoms with van der Waals surface area (Å²) in [6.45, 7) is 12.3. The maximum absolute atomic E-state index is 9.01. The quantitative estimate of drug-likeness (QED) is 0.481. The molecule has 0 saturated carbocycles. The van der Waals surface area contributed by atoms with Gasteiger partial charge in [-0.3, -0.25) is 0 Å². The van der Waals surface area contributed by atoms with E-state index >= 15 is 0 Å². The molecule has 0 radical (unpaired) electrons. The molecule has 2 heteroatoms. The fourth-order valence-corrected chi connectivity index (χ4v) is 2.55. The van der Waals surface area contributed by atoms with Crippen LogP contribution in [0.25, 0.3) is 0 Å². The van der Waals surface area contributed by atoms with E-state index in [-0.39, 0.29) is 0 Å². The van der Waals surface area contributed by atoms with Gasteiger partial charge < -0.3 is 4.90 Å². The highest BCUT2D eigenvalue weighted by Crippen LogP contribution is 2.26. The van der Waals surface area contributed by atoms with Crippen molar-refractivity contribution in [1.29, 1.82) is 5.26 Å². The van der Waals surface area contributed by atoms with Gasteiger partial charge >= 0.3 is 0 Å². The average molecular weight is 308 g/mol. The number of hydrogen-bond acceptors (Lipinski definition) is 2. The molecule has 0 N–H and O–H groups in total. The van der Waals surface area contributed by atoms with Gasteiger partial charge in [0.25, 0.3) is 0 Å². The molecule has 1 saturated heterocycles. The number of nitriles is 1. The molecule has 1 rings (SSSR count). The zero-order valence-corrected chi connectivity index (χ0v) is 14.7. The molecule has 0 aromatic heterocycles. The van der Waals surface area contributed by atoms with Gasteiger partial charge in [0.15, 0.2) is 0 Å². The highest BCUT2D eigenvalue weighted by molar-refractivity contribution is 5.34. The second kappa shape index (κ2) is 10.5. The molecule has 0 atom stereocenters. The van der Waals surface area contributed by atoms with Crippen LogP contribution in [0.15, 0.2) is 71.5 Å². The number of nitrogens with zero attached hydrogens (tertiary/aromatic N) is 2. The summed E-state index contributed by atoms with van der Waals surface area (Å²) in [4.78, 5) is 2.34. The van der Waals surface area contributed by atoms with Crippen LogP contribution < -0.4 is 0 Å². The third-order valence-electron chi connectivity index (χ3n) is 3.92. The first-order valence-corrected chi connectivity index (χ1v) is 8.26. The van der Waals surface area contributed by atoms with Gasteiger partial charge in [-0.05, 0) is 39.2 Å². The minimum atomic E-state index is 0.704. The van der Waals surface area contributed by atoms with Gasteiger partial charge in [-0.1, -0.05) is 54.7 Å². The molecule has 0 bridgehead atoms. The first kappa shape index (κ1) is 18.8. The van der Waals surface area contributed by atoms with Crippen molar-refractivity contribution >= 4 is 0 Å². The number of rotatable bonds is 6. The Morgan fingerprint density at radius 2 is 2.09 bits per heavy atom. The number of allylic oxidation sites excluding steroid dienone is 9. The molecule has 0 aromatic carbocycles. The third-order valence-corrected chi connectivity index (χ3v) is 3.92. The fourth-order valence-electron chi connectivity index (χ4n) is 2.55. The predicted octanol–water partition coefficient (Wildman–Crippen LogP) is 5.46. The van der Waals surface area contributed by atoms with Gasteiger partial charge in [0.05, 0.1) is 6.07 Å². The summed E-state index contributed by atoms with van der Waals surface area (Å²) in [5, 5.41) is 9.01. The molecule has 1 fully saturated rings. The van der Waals surface area contributed by atoms with Crippen molar-refractivity contribution in [3.05, 3.63) is 71.5 Å². The van der Waals surface area contributed by atoms with Crippen LogP contribution in [0.2, 0.25) is 0 Å². The van der Waals surface area contributed by atoms with Crippen LogP contribution in [0.4, 0.5) is 0 Å². The van der Waals surface area contributed by atoms with Gasteiger partial charge in [0.1, 0.15) is 0 Å². The number of hydrogen-bond donors (Lipinski definition) is 0. The number of likely N-dealkylation sites (tertiary alicyclic amines) is 1. The van der Waals surface area contributed by atoms with Crippen LogP contribution in [0.1, 0.15) is 40.0 Å². The molecule has 0 spiro atoms. The van der Waals surface area contributed by atoms with Crippen molar-refractivity contribution < 1.29 is 0 Å². The lowest BCUT2D eigenvalue weighted by Gasteiger charge is -2.33. The molecule has 0 aliphatic carbocycles. The number of piperidine rings is 1. The second-order valence-corrected chi connectivity index (χ2v) is 5.75. The Bertz CT molecular complexity index is 592. The highest BCUT2D eigenvalue weighted by Gasteiger charge is 2.17. The molecule has 1 aliphatic heterocycles. The molecule has 23 heavy (non-hydrogen) atoms. The Balaban J connectivity index is 2.70. The van der Waals surface area contributed by atoms with Crippen molar-refractivity contribution in [2.45, 2.75) is 40.0 Å². The lowest BCUT2D eigenvalue weighted by Crippen LogP contribution is -2.30. The minimum Gasteiger partial charge on any atom is -0.368 e. The standard InChI is InChI=1S/C21H28N2/c1-5-7-8-9-11-18(3)17-23-15-10-12-21(19(23)4)14-13-20(6-2)16-22/h5-9,11,14H,4,10,12-13,15,17H2,1-3H3/b7-5-,9-8-,18-11+,20-6+,21-14-. The van der Waals surface area contributed by atoms with Crippen LogP contribution in [0.5, 0.6) is 0 Å². The molecular weight excluding hydrogens is 280 g/mol. The zero-order chi connectivity index (χ0) is 17.1. The Kier molecular flexibility index (Phi) is 8.54. The maximum Gasteiger partial charge on any atom is 0.0946 e. The fraction of sp³-hybridized carbons (Fsp3) is 0.381. The van der Waals surface area contributed by atoms with E-state index < -0.39 is 0 Å². The van der Waals surface area contributed by atoms with Crippen molar-refractivity contribution in [2.24, 2.45) is 0 Å². The Labute approximate surface area is 141 Å². The first-order chi connectivity index (χ1) is 11.1. The average Bonchev–Trinajstić information content (AvgIpc) is 2.55. The summed E-state index contributed by atoms with van der Waals surface area (Å²) in [6.07, 6.45) is 17.3. The van der Waals surface area contributed by atoms with Crippen LogP contribution in [-0.4, -0.2) is 18.0 Å². The van der Waals surface area contributed by atoms with Crippen LogP contribution in [0, 0.1) is 11.3 Å². The van der Waals surface area contributed by atoms with E-state index in [9.17, 15) is 0 Å². The van der Waals surface area contributed by atoms with Crippen LogP contribution >= 0.6 is 0 Å². The van der Waals surface area contributed by atoms with Gasteiger partial charge in [-0.2, -0.15) is 5.26 Å². The lowest BCUT2D eigenvalue weighted by atomic mass is 9.98. The molecule has 0 aromatic rings.